The van der Waals surface area contributed by atoms with E-state index in [2.05, 4.69) is 20.9 Å². The number of aryl methyl sites for hydroxylation is 1. The van der Waals surface area contributed by atoms with E-state index < -0.39 is 0 Å². The van der Waals surface area contributed by atoms with Gasteiger partial charge in [0.2, 0.25) is 0 Å². The normalized spacial score (nSPS) is 10.5. The van der Waals surface area contributed by atoms with Gasteiger partial charge in [0.15, 0.2) is 0 Å². The van der Waals surface area contributed by atoms with E-state index in [0.29, 0.717) is 11.6 Å². The number of hydrogen-bond acceptors (Lipinski definition) is 2. The summed E-state index contributed by atoms with van der Waals surface area (Å²) in [6, 6.07) is 3.72. The first kappa shape index (κ1) is 12.5. The Labute approximate surface area is 114 Å². The molecule has 2 aromatic rings. The number of ether oxygens (including phenoxy) is 1. The van der Waals surface area contributed by atoms with E-state index in [1.807, 2.05) is 29.8 Å². The Morgan fingerprint density at radius 1 is 1.47 bits per heavy atom. The highest BCUT2D eigenvalue weighted by atomic mass is 79.9. The Kier molecular flexibility index (Phi) is 4.07. The fourth-order valence-corrected chi connectivity index (χ4v) is 2.62. The van der Waals surface area contributed by atoms with Crippen LogP contribution in [-0.2, 0) is 6.54 Å². The number of benzene rings is 1. The summed E-state index contributed by atoms with van der Waals surface area (Å²) in [5, 5.41) is 0.705. The van der Waals surface area contributed by atoms with Crippen LogP contribution in [0.4, 0.5) is 0 Å². The van der Waals surface area contributed by atoms with Crippen molar-refractivity contribution in [1.82, 2.24) is 9.55 Å². The number of aromatic nitrogens is 2. The van der Waals surface area contributed by atoms with E-state index in [4.69, 9.17) is 16.3 Å². The molecule has 2 rings (SSSR count). The lowest BCUT2D eigenvalue weighted by atomic mass is 10.2. The van der Waals surface area contributed by atoms with Crippen LogP contribution in [0.25, 0.3) is 0 Å². The van der Waals surface area contributed by atoms with E-state index in [0.717, 1.165) is 22.3 Å². The zero-order valence-corrected chi connectivity index (χ0v) is 11.7. The molecule has 1 aromatic heterocycles. The third-order valence-corrected chi connectivity index (χ3v) is 3.16. The second-order valence-electron chi connectivity index (χ2n) is 3.68. The van der Waals surface area contributed by atoms with Crippen LogP contribution in [0.1, 0.15) is 5.56 Å². The zero-order valence-electron chi connectivity index (χ0n) is 9.36. The SMILES string of the molecule is Cc1cc(Cl)cc(Br)c1OCCn1ccnc1. The molecule has 0 aliphatic rings. The maximum Gasteiger partial charge on any atom is 0.136 e. The molecule has 0 fully saturated rings. The quantitative estimate of drug-likeness (QED) is 0.860. The lowest BCUT2D eigenvalue weighted by molar-refractivity contribution is 0.294. The van der Waals surface area contributed by atoms with Crippen molar-refractivity contribution in [2.75, 3.05) is 6.61 Å². The lowest BCUT2D eigenvalue weighted by Gasteiger charge is -2.11. The summed E-state index contributed by atoms with van der Waals surface area (Å²) in [6.07, 6.45) is 5.43. The highest BCUT2D eigenvalue weighted by Gasteiger charge is 2.06. The molecule has 0 bridgehead atoms. The van der Waals surface area contributed by atoms with Crippen molar-refractivity contribution in [2.24, 2.45) is 0 Å². The molecule has 90 valence electrons. The summed E-state index contributed by atoms with van der Waals surface area (Å²) in [5.74, 6) is 0.842. The minimum atomic E-state index is 0.595. The van der Waals surface area contributed by atoms with Crippen molar-refractivity contribution in [3.05, 3.63) is 45.9 Å². The average molecular weight is 316 g/mol. The Bertz CT molecular complexity index is 476. The first-order chi connectivity index (χ1) is 8.16. The Morgan fingerprint density at radius 2 is 2.29 bits per heavy atom. The second-order valence-corrected chi connectivity index (χ2v) is 4.97. The van der Waals surface area contributed by atoms with Gasteiger partial charge in [0, 0.05) is 17.4 Å². The molecule has 0 radical (unpaired) electrons. The van der Waals surface area contributed by atoms with Gasteiger partial charge in [-0.1, -0.05) is 11.6 Å². The van der Waals surface area contributed by atoms with E-state index in [1.165, 1.54) is 0 Å². The molecule has 17 heavy (non-hydrogen) atoms. The number of hydrogen-bond donors (Lipinski definition) is 0. The maximum atomic E-state index is 5.94. The summed E-state index contributed by atoms with van der Waals surface area (Å²) in [4.78, 5) is 3.98. The Morgan fingerprint density at radius 3 is 2.94 bits per heavy atom. The van der Waals surface area contributed by atoms with Crippen molar-refractivity contribution >= 4 is 27.5 Å². The highest BCUT2D eigenvalue weighted by Crippen LogP contribution is 2.32. The number of nitrogens with zero attached hydrogens (tertiary/aromatic N) is 2. The molecule has 0 amide bonds. The number of halogens is 2. The fourth-order valence-electron chi connectivity index (χ4n) is 1.54. The molecular weight excluding hydrogens is 304 g/mol. The van der Waals surface area contributed by atoms with Crippen LogP contribution >= 0.6 is 27.5 Å². The molecule has 0 N–H and O–H groups in total. The van der Waals surface area contributed by atoms with Crippen molar-refractivity contribution in [2.45, 2.75) is 13.5 Å². The monoisotopic (exact) mass is 314 g/mol. The van der Waals surface area contributed by atoms with Crippen LogP contribution in [-0.4, -0.2) is 16.2 Å². The minimum absolute atomic E-state index is 0.595. The summed E-state index contributed by atoms with van der Waals surface area (Å²) in [5.41, 5.74) is 1.02. The van der Waals surface area contributed by atoms with Crippen molar-refractivity contribution in [1.29, 1.82) is 0 Å². The highest BCUT2D eigenvalue weighted by molar-refractivity contribution is 9.10. The Balaban J connectivity index is 1.99. The lowest BCUT2D eigenvalue weighted by Crippen LogP contribution is -2.07. The van der Waals surface area contributed by atoms with Crippen molar-refractivity contribution in [3.8, 4) is 5.75 Å². The van der Waals surface area contributed by atoms with Crippen LogP contribution in [0.5, 0.6) is 5.75 Å². The molecule has 0 aliphatic heterocycles. The smallest absolute Gasteiger partial charge is 0.136 e. The molecule has 0 atom stereocenters. The minimum Gasteiger partial charge on any atom is -0.490 e. The van der Waals surface area contributed by atoms with Gasteiger partial charge in [-0.3, -0.25) is 0 Å². The number of imidazole rings is 1. The first-order valence-corrected chi connectivity index (χ1v) is 6.38. The predicted molar refractivity (Wildman–Crippen MR) is 71.6 cm³/mol. The molecule has 0 saturated heterocycles. The molecule has 1 aromatic carbocycles. The standard InChI is InChI=1S/C12H12BrClN2O/c1-9-6-10(14)7-11(13)12(9)17-5-4-16-3-2-15-8-16/h2-3,6-8H,4-5H2,1H3. The largest absolute Gasteiger partial charge is 0.490 e. The van der Waals surface area contributed by atoms with Gasteiger partial charge < -0.3 is 9.30 Å². The Hall–Kier alpha value is -1.00. The molecule has 3 nitrogen and oxygen atoms in total. The molecular formula is C12H12BrClN2O. The molecule has 0 aliphatic carbocycles. The molecule has 0 unspecified atom stereocenters. The third-order valence-electron chi connectivity index (χ3n) is 2.35. The van der Waals surface area contributed by atoms with Crippen LogP contribution in [0.15, 0.2) is 35.3 Å². The van der Waals surface area contributed by atoms with E-state index in [9.17, 15) is 0 Å². The van der Waals surface area contributed by atoms with Gasteiger partial charge in [-0.05, 0) is 40.5 Å². The second kappa shape index (κ2) is 5.56. The van der Waals surface area contributed by atoms with Gasteiger partial charge in [-0.25, -0.2) is 4.98 Å². The van der Waals surface area contributed by atoms with Crippen LogP contribution in [0.2, 0.25) is 5.02 Å². The van der Waals surface area contributed by atoms with Gasteiger partial charge >= 0.3 is 0 Å². The van der Waals surface area contributed by atoms with Crippen LogP contribution < -0.4 is 4.74 Å². The third kappa shape index (κ3) is 3.23. The first-order valence-electron chi connectivity index (χ1n) is 5.21. The maximum absolute atomic E-state index is 5.94. The van der Waals surface area contributed by atoms with Gasteiger partial charge in [0.1, 0.15) is 12.4 Å². The van der Waals surface area contributed by atoms with Gasteiger partial charge in [-0.2, -0.15) is 0 Å². The van der Waals surface area contributed by atoms with Crippen molar-refractivity contribution < 1.29 is 4.74 Å². The van der Waals surface area contributed by atoms with Crippen LogP contribution in [0.3, 0.4) is 0 Å². The predicted octanol–water partition coefficient (Wildman–Crippen LogP) is 3.69. The van der Waals surface area contributed by atoms with Gasteiger partial charge in [0.25, 0.3) is 0 Å². The van der Waals surface area contributed by atoms with Gasteiger partial charge in [0.05, 0.1) is 17.3 Å². The zero-order chi connectivity index (χ0) is 12.3. The van der Waals surface area contributed by atoms with E-state index in [1.54, 1.807) is 12.5 Å². The fraction of sp³-hybridized carbons (Fsp3) is 0.250. The van der Waals surface area contributed by atoms with Crippen LogP contribution in [0, 0.1) is 6.92 Å². The molecule has 0 spiro atoms. The summed E-state index contributed by atoms with van der Waals surface area (Å²) >= 11 is 9.39. The topological polar surface area (TPSA) is 27.1 Å². The van der Waals surface area contributed by atoms with Crippen molar-refractivity contribution in [3.63, 3.8) is 0 Å². The molecule has 1 heterocycles. The van der Waals surface area contributed by atoms with E-state index in [-0.39, 0.29) is 0 Å². The van der Waals surface area contributed by atoms with Gasteiger partial charge in [-0.15, -0.1) is 0 Å². The van der Waals surface area contributed by atoms with E-state index >= 15 is 0 Å². The summed E-state index contributed by atoms with van der Waals surface area (Å²) in [6.45, 7) is 3.34. The summed E-state index contributed by atoms with van der Waals surface area (Å²) in [7, 11) is 0. The molecule has 5 heteroatoms. The average Bonchev–Trinajstić information content (AvgIpc) is 2.74. The summed E-state index contributed by atoms with van der Waals surface area (Å²) < 4.78 is 8.60. The molecule has 0 saturated carbocycles. The number of rotatable bonds is 4.